The number of amides is 1. The second-order valence-electron chi connectivity index (χ2n) is 9.66. The molecule has 3 N–H and O–H groups in total. The van der Waals surface area contributed by atoms with Crippen molar-refractivity contribution in [3.05, 3.63) is 47.3 Å². The van der Waals surface area contributed by atoms with Crippen molar-refractivity contribution < 1.29 is 4.79 Å². The van der Waals surface area contributed by atoms with Crippen molar-refractivity contribution in [3.63, 3.8) is 0 Å². The molecule has 2 heterocycles. The maximum Gasteiger partial charge on any atom is 0.246 e. The minimum absolute atomic E-state index is 0.0126. The molecule has 0 spiro atoms. The van der Waals surface area contributed by atoms with Crippen molar-refractivity contribution in [1.82, 2.24) is 20.9 Å². The number of rotatable bonds is 7. The van der Waals surface area contributed by atoms with E-state index in [2.05, 4.69) is 64.0 Å². The Morgan fingerprint density at radius 1 is 1.23 bits per heavy atom. The Morgan fingerprint density at radius 2 is 2.00 bits per heavy atom. The first-order valence-electron chi connectivity index (χ1n) is 11.9. The molecular formula is C25H37N5O. The van der Waals surface area contributed by atoms with Gasteiger partial charge in [0.25, 0.3) is 0 Å². The first-order valence-corrected chi connectivity index (χ1v) is 11.9. The number of benzene rings is 1. The number of carbonyl (C=O) groups excluding carboxylic acids is 1. The topological polar surface area (TPSA) is 68.8 Å². The summed E-state index contributed by atoms with van der Waals surface area (Å²) in [5.41, 5.74) is 2.91. The lowest BCUT2D eigenvalue weighted by atomic mass is 9.87. The zero-order chi connectivity index (χ0) is 21.6. The summed E-state index contributed by atoms with van der Waals surface area (Å²) in [6.45, 7) is 8.31. The van der Waals surface area contributed by atoms with Gasteiger partial charge in [-0.15, -0.1) is 0 Å². The summed E-state index contributed by atoms with van der Waals surface area (Å²) in [6, 6.07) is 8.82. The van der Waals surface area contributed by atoms with Crippen LogP contribution in [0.1, 0.15) is 50.7 Å². The Labute approximate surface area is 186 Å². The van der Waals surface area contributed by atoms with Crippen LogP contribution in [0, 0.1) is 11.8 Å². The number of aliphatic imine (C=N–C) groups is 1. The Hall–Kier alpha value is -2.34. The first kappa shape index (κ1) is 21.9. The largest absolute Gasteiger partial charge is 0.367 e. The maximum absolute atomic E-state index is 12.7. The van der Waals surface area contributed by atoms with Gasteiger partial charge in [0.15, 0.2) is 0 Å². The molecule has 2 aliphatic heterocycles. The molecule has 1 amide bonds. The van der Waals surface area contributed by atoms with Crippen LogP contribution in [-0.2, 0) is 17.8 Å². The highest BCUT2D eigenvalue weighted by Crippen LogP contribution is 2.24. The van der Waals surface area contributed by atoms with E-state index in [9.17, 15) is 4.79 Å². The molecule has 0 bridgehead atoms. The number of hydrogen-bond donors (Lipinski definition) is 3. The standard InChI is InChI=1S/C25H37N5O/c1-18-7-9-22(10-8-18)29-24-13-23(27-17-28-24)25(31)26-14-19(2)15-30-12-11-20-5-3-4-6-21(20)16-30/h3-6,13,17-19,22-23,29H,7-12,14-16H2,1-2H3,(H,26,31)(H,27,28). The van der Waals surface area contributed by atoms with Gasteiger partial charge in [0.05, 0.1) is 6.34 Å². The third-order valence-electron chi connectivity index (χ3n) is 6.84. The smallest absolute Gasteiger partial charge is 0.246 e. The third kappa shape index (κ3) is 6.10. The first-order chi connectivity index (χ1) is 15.1. The summed E-state index contributed by atoms with van der Waals surface area (Å²) in [5.74, 6) is 2.05. The molecule has 2 unspecified atom stereocenters. The zero-order valence-corrected chi connectivity index (χ0v) is 18.9. The molecule has 1 aromatic carbocycles. The van der Waals surface area contributed by atoms with Gasteiger partial charge in [0.1, 0.15) is 11.9 Å². The molecule has 3 aliphatic rings. The molecule has 168 valence electrons. The third-order valence-corrected chi connectivity index (χ3v) is 6.84. The second-order valence-corrected chi connectivity index (χ2v) is 9.66. The van der Waals surface area contributed by atoms with Crippen molar-refractivity contribution in [1.29, 1.82) is 0 Å². The highest BCUT2D eigenvalue weighted by molar-refractivity contribution is 5.87. The average molecular weight is 424 g/mol. The molecule has 6 heteroatoms. The van der Waals surface area contributed by atoms with E-state index in [1.54, 1.807) is 6.34 Å². The Morgan fingerprint density at radius 3 is 2.81 bits per heavy atom. The monoisotopic (exact) mass is 423 g/mol. The average Bonchev–Trinajstić information content (AvgIpc) is 2.79. The molecule has 1 aliphatic carbocycles. The Balaban J connectivity index is 1.21. The molecular weight excluding hydrogens is 386 g/mol. The number of fused-ring (bicyclic) bond motifs is 1. The summed E-state index contributed by atoms with van der Waals surface area (Å²) in [6.07, 6.45) is 9.55. The molecule has 1 saturated carbocycles. The molecule has 2 atom stereocenters. The van der Waals surface area contributed by atoms with Gasteiger partial charge in [-0.05, 0) is 61.1 Å². The lowest BCUT2D eigenvalue weighted by Crippen LogP contribution is -2.47. The van der Waals surface area contributed by atoms with Crippen molar-refractivity contribution in [2.45, 2.75) is 64.6 Å². The van der Waals surface area contributed by atoms with Gasteiger partial charge in [-0.3, -0.25) is 9.69 Å². The summed E-state index contributed by atoms with van der Waals surface area (Å²) in [7, 11) is 0. The van der Waals surface area contributed by atoms with Gasteiger partial charge in [0, 0.05) is 32.2 Å². The SMILES string of the molecule is CC1CCC(NC2=CC(C(=O)NCC(C)CN3CCc4ccccc4C3)NC=N2)CC1. The number of hydrogen-bond acceptors (Lipinski definition) is 5. The molecule has 6 nitrogen and oxygen atoms in total. The van der Waals surface area contributed by atoms with Crippen molar-refractivity contribution in [3.8, 4) is 0 Å². The van der Waals surface area contributed by atoms with Crippen molar-refractivity contribution in [2.24, 2.45) is 16.8 Å². The van der Waals surface area contributed by atoms with Crippen LogP contribution in [0.3, 0.4) is 0 Å². The fourth-order valence-electron chi connectivity index (χ4n) is 4.89. The molecule has 31 heavy (non-hydrogen) atoms. The van der Waals surface area contributed by atoms with Gasteiger partial charge in [-0.1, -0.05) is 38.1 Å². The fourth-order valence-corrected chi connectivity index (χ4v) is 4.89. The normalized spacial score (nSPS) is 26.9. The minimum atomic E-state index is -0.364. The zero-order valence-electron chi connectivity index (χ0n) is 18.9. The van der Waals surface area contributed by atoms with Crippen LogP contribution in [0.5, 0.6) is 0 Å². The van der Waals surface area contributed by atoms with Crippen LogP contribution in [0.15, 0.2) is 41.2 Å². The van der Waals surface area contributed by atoms with Crippen molar-refractivity contribution in [2.75, 3.05) is 19.6 Å². The van der Waals surface area contributed by atoms with Crippen LogP contribution in [0.4, 0.5) is 0 Å². The van der Waals surface area contributed by atoms with Gasteiger partial charge >= 0.3 is 0 Å². The van der Waals surface area contributed by atoms with Gasteiger partial charge < -0.3 is 16.0 Å². The van der Waals surface area contributed by atoms with Crippen LogP contribution < -0.4 is 16.0 Å². The van der Waals surface area contributed by atoms with Gasteiger partial charge in [-0.2, -0.15) is 0 Å². The molecule has 0 aromatic heterocycles. The van der Waals surface area contributed by atoms with Crippen LogP contribution in [0.25, 0.3) is 0 Å². The molecule has 4 rings (SSSR count). The van der Waals surface area contributed by atoms with E-state index in [-0.39, 0.29) is 11.9 Å². The minimum Gasteiger partial charge on any atom is -0.367 e. The molecule has 0 radical (unpaired) electrons. The molecule has 1 fully saturated rings. The second kappa shape index (κ2) is 10.3. The molecule has 1 aromatic rings. The summed E-state index contributed by atoms with van der Waals surface area (Å²) in [5, 5.41) is 9.73. The van der Waals surface area contributed by atoms with E-state index in [0.29, 0.717) is 18.5 Å². The predicted octanol–water partition coefficient (Wildman–Crippen LogP) is 2.81. The van der Waals surface area contributed by atoms with E-state index in [1.165, 1.54) is 36.8 Å². The highest BCUT2D eigenvalue weighted by Gasteiger charge is 2.23. The lowest BCUT2D eigenvalue weighted by Gasteiger charge is -2.31. The summed E-state index contributed by atoms with van der Waals surface area (Å²) >= 11 is 0. The highest BCUT2D eigenvalue weighted by atomic mass is 16.2. The maximum atomic E-state index is 12.7. The summed E-state index contributed by atoms with van der Waals surface area (Å²) < 4.78 is 0. The quantitative estimate of drug-likeness (QED) is 0.631. The van der Waals surface area contributed by atoms with Crippen LogP contribution in [-0.4, -0.2) is 48.9 Å². The van der Waals surface area contributed by atoms with Gasteiger partial charge in [0.2, 0.25) is 5.91 Å². The van der Waals surface area contributed by atoms with Crippen LogP contribution >= 0.6 is 0 Å². The van der Waals surface area contributed by atoms with Crippen LogP contribution in [0.2, 0.25) is 0 Å². The number of nitrogens with one attached hydrogen (secondary N) is 3. The van der Waals surface area contributed by atoms with E-state index >= 15 is 0 Å². The number of carbonyl (C=O) groups is 1. The Bertz CT molecular complexity index is 812. The fraction of sp³-hybridized carbons (Fsp3) is 0.600. The predicted molar refractivity (Wildman–Crippen MR) is 126 cm³/mol. The Kier molecular flexibility index (Phi) is 7.28. The number of nitrogens with zero attached hydrogens (tertiary/aromatic N) is 2. The van der Waals surface area contributed by atoms with E-state index in [4.69, 9.17) is 0 Å². The summed E-state index contributed by atoms with van der Waals surface area (Å²) in [4.78, 5) is 19.6. The lowest BCUT2D eigenvalue weighted by molar-refractivity contribution is -0.121. The van der Waals surface area contributed by atoms with Crippen molar-refractivity contribution >= 4 is 12.2 Å². The van der Waals surface area contributed by atoms with E-state index in [1.807, 2.05) is 6.08 Å². The molecule has 0 saturated heterocycles. The van der Waals surface area contributed by atoms with E-state index in [0.717, 1.165) is 37.8 Å². The van der Waals surface area contributed by atoms with Gasteiger partial charge in [-0.25, -0.2) is 4.99 Å². The van der Waals surface area contributed by atoms with E-state index < -0.39 is 0 Å².